The van der Waals surface area contributed by atoms with E-state index in [0.717, 1.165) is 31.9 Å². The smallest absolute Gasteiger partial charge is 0.241 e. The molecule has 116 valence electrons. The topological polar surface area (TPSA) is 40.4 Å². The summed E-state index contributed by atoms with van der Waals surface area (Å²) in [7, 11) is 2.10. The number of amides is 1. The van der Waals surface area contributed by atoms with Crippen molar-refractivity contribution in [1.82, 2.24) is 9.80 Å². The first kappa shape index (κ1) is 14.8. The molecule has 0 spiro atoms. The van der Waals surface area contributed by atoms with E-state index in [-0.39, 0.29) is 5.91 Å². The molecule has 0 aliphatic carbocycles. The third-order valence-electron chi connectivity index (χ3n) is 4.19. The lowest BCUT2D eigenvalue weighted by Crippen LogP contribution is -2.50. The molecule has 0 N–H and O–H groups in total. The lowest BCUT2D eigenvalue weighted by molar-refractivity contribution is -0.120. The van der Waals surface area contributed by atoms with E-state index < -0.39 is 0 Å². The molecule has 22 heavy (non-hydrogen) atoms. The van der Waals surface area contributed by atoms with Crippen LogP contribution in [0.2, 0.25) is 0 Å². The summed E-state index contributed by atoms with van der Waals surface area (Å²) in [5.74, 6) is 0.765. The quantitative estimate of drug-likeness (QED) is 0.770. The molecular formula is C16H20N4O2. The first-order chi connectivity index (χ1) is 10.7. The Morgan fingerprint density at radius 2 is 2.05 bits per heavy atom. The molecule has 1 fully saturated rings. The largest absolute Gasteiger partial charge is 0.490 e. The zero-order valence-corrected chi connectivity index (χ0v) is 12.8. The van der Waals surface area contributed by atoms with Crippen molar-refractivity contribution in [2.75, 3.05) is 57.8 Å². The second-order valence-corrected chi connectivity index (χ2v) is 5.74. The van der Waals surface area contributed by atoms with Crippen molar-refractivity contribution < 1.29 is 9.53 Å². The maximum absolute atomic E-state index is 12.6. The average Bonchev–Trinajstić information content (AvgIpc) is 2.55. The summed E-state index contributed by atoms with van der Waals surface area (Å²) in [6.07, 6.45) is 0. The highest BCUT2D eigenvalue weighted by Crippen LogP contribution is 2.35. The SMILES string of the molecule is [C-]#[N+]c1ccc2c(c1)N(C(=O)CN1CCN(C)CC1)CCO2. The summed E-state index contributed by atoms with van der Waals surface area (Å²) in [4.78, 5) is 22.3. The molecule has 2 heterocycles. The molecule has 0 bridgehead atoms. The van der Waals surface area contributed by atoms with Gasteiger partial charge >= 0.3 is 0 Å². The molecular weight excluding hydrogens is 280 g/mol. The Balaban J connectivity index is 1.73. The summed E-state index contributed by atoms with van der Waals surface area (Å²) in [6.45, 7) is 12.4. The molecule has 0 radical (unpaired) electrons. The van der Waals surface area contributed by atoms with Crippen molar-refractivity contribution in [3.8, 4) is 5.75 Å². The number of rotatable bonds is 2. The minimum absolute atomic E-state index is 0.0798. The van der Waals surface area contributed by atoms with Crippen molar-refractivity contribution in [2.24, 2.45) is 0 Å². The second-order valence-electron chi connectivity index (χ2n) is 5.74. The Bertz CT molecular complexity index is 603. The molecule has 1 amide bonds. The van der Waals surface area contributed by atoms with Gasteiger partial charge in [0.25, 0.3) is 0 Å². The number of fused-ring (bicyclic) bond motifs is 1. The number of likely N-dealkylation sites (N-methyl/N-ethyl adjacent to an activating group) is 1. The van der Waals surface area contributed by atoms with Gasteiger partial charge in [-0.05, 0) is 19.2 Å². The normalized spacial score (nSPS) is 19.2. The molecule has 2 aliphatic heterocycles. The summed E-state index contributed by atoms with van der Waals surface area (Å²) in [5.41, 5.74) is 1.25. The molecule has 6 nitrogen and oxygen atoms in total. The molecule has 0 aromatic heterocycles. The first-order valence-corrected chi connectivity index (χ1v) is 7.53. The van der Waals surface area contributed by atoms with E-state index in [1.807, 2.05) is 0 Å². The monoisotopic (exact) mass is 300 g/mol. The van der Waals surface area contributed by atoms with Gasteiger partial charge in [0.15, 0.2) is 5.69 Å². The standard InChI is InChI=1S/C16H20N4O2/c1-17-13-3-4-15-14(11-13)20(9-10-22-15)16(21)12-19-7-5-18(2)6-8-19/h3-4,11H,5-10,12H2,2H3. The summed E-state index contributed by atoms with van der Waals surface area (Å²) in [6, 6.07) is 5.24. The van der Waals surface area contributed by atoms with Gasteiger partial charge in [-0.3, -0.25) is 9.69 Å². The van der Waals surface area contributed by atoms with Crippen LogP contribution in [0.15, 0.2) is 18.2 Å². The Morgan fingerprint density at radius 3 is 2.77 bits per heavy atom. The van der Waals surface area contributed by atoms with E-state index >= 15 is 0 Å². The van der Waals surface area contributed by atoms with Crippen LogP contribution in [0.5, 0.6) is 5.75 Å². The molecule has 0 saturated carbocycles. The van der Waals surface area contributed by atoms with Gasteiger partial charge in [-0.15, -0.1) is 0 Å². The van der Waals surface area contributed by atoms with Gasteiger partial charge < -0.3 is 14.5 Å². The maximum atomic E-state index is 12.6. The lowest BCUT2D eigenvalue weighted by Gasteiger charge is -2.35. The molecule has 2 aliphatic rings. The predicted molar refractivity (Wildman–Crippen MR) is 84.5 cm³/mol. The van der Waals surface area contributed by atoms with E-state index in [2.05, 4.69) is 21.7 Å². The number of piperazine rings is 1. The van der Waals surface area contributed by atoms with Crippen LogP contribution in [-0.4, -0.2) is 68.6 Å². The van der Waals surface area contributed by atoms with Gasteiger partial charge in [0.05, 0.1) is 25.3 Å². The van der Waals surface area contributed by atoms with Gasteiger partial charge in [-0.25, -0.2) is 4.85 Å². The zero-order chi connectivity index (χ0) is 15.5. The number of nitrogens with zero attached hydrogens (tertiary/aromatic N) is 4. The average molecular weight is 300 g/mol. The van der Waals surface area contributed by atoms with Crippen LogP contribution >= 0.6 is 0 Å². The first-order valence-electron chi connectivity index (χ1n) is 7.53. The molecule has 6 heteroatoms. The van der Waals surface area contributed by atoms with Crippen LogP contribution in [0.4, 0.5) is 11.4 Å². The van der Waals surface area contributed by atoms with Crippen LogP contribution < -0.4 is 9.64 Å². The molecule has 1 aromatic carbocycles. The minimum Gasteiger partial charge on any atom is -0.490 e. The zero-order valence-electron chi connectivity index (χ0n) is 12.8. The molecule has 1 saturated heterocycles. The number of carbonyl (C=O) groups is 1. The highest BCUT2D eigenvalue weighted by Gasteiger charge is 2.26. The molecule has 3 rings (SSSR count). The van der Waals surface area contributed by atoms with E-state index in [4.69, 9.17) is 11.3 Å². The highest BCUT2D eigenvalue weighted by atomic mass is 16.5. The summed E-state index contributed by atoms with van der Waals surface area (Å²) >= 11 is 0. The van der Waals surface area contributed by atoms with Gasteiger partial charge in [0, 0.05) is 26.2 Å². The van der Waals surface area contributed by atoms with E-state index in [0.29, 0.717) is 31.1 Å². The summed E-state index contributed by atoms with van der Waals surface area (Å²) in [5, 5.41) is 0. The Hall–Kier alpha value is -2.10. The van der Waals surface area contributed by atoms with Crippen molar-refractivity contribution in [1.29, 1.82) is 0 Å². The fourth-order valence-electron chi connectivity index (χ4n) is 2.82. The number of anilines is 1. The van der Waals surface area contributed by atoms with Crippen molar-refractivity contribution in [3.05, 3.63) is 29.6 Å². The van der Waals surface area contributed by atoms with E-state index in [1.165, 1.54) is 0 Å². The lowest BCUT2D eigenvalue weighted by atomic mass is 10.2. The maximum Gasteiger partial charge on any atom is 0.241 e. The minimum atomic E-state index is 0.0798. The number of benzene rings is 1. The highest BCUT2D eigenvalue weighted by molar-refractivity contribution is 5.97. The van der Waals surface area contributed by atoms with Gasteiger partial charge in [0.1, 0.15) is 12.4 Å². The number of hydrogen-bond acceptors (Lipinski definition) is 4. The van der Waals surface area contributed by atoms with Crippen molar-refractivity contribution in [2.45, 2.75) is 0 Å². The van der Waals surface area contributed by atoms with Crippen LogP contribution in [0.25, 0.3) is 4.85 Å². The number of ether oxygens (including phenoxy) is 1. The predicted octanol–water partition coefficient (Wildman–Crippen LogP) is 1.21. The summed E-state index contributed by atoms with van der Waals surface area (Å²) < 4.78 is 5.59. The van der Waals surface area contributed by atoms with Crippen LogP contribution in [0.3, 0.4) is 0 Å². The fraction of sp³-hybridized carbons (Fsp3) is 0.500. The third kappa shape index (κ3) is 3.06. The number of carbonyl (C=O) groups excluding carboxylic acids is 1. The van der Waals surface area contributed by atoms with E-state index in [9.17, 15) is 4.79 Å². The Kier molecular flexibility index (Phi) is 4.27. The Morgan fingerprint density at radius 1 is 1.27 bits per heavy atom. The Labute approximate surface area is 130 Å². The van der Waals surface area contributed by atoms with E-state index in [1.54, 1.807) is 23.1 Å². The van der Waals surface area contributed by atoms with Gasteiger partial charge in [-0.1, -0.05) is 6.07 Å². The fourth-order valence-corrected chi connectivity index (χ4v) is 2.82. The molecule has 0 atom stereocenters. The van der Waals surface area contributed by atoms with Crippen molar-refractivity contribution >= 4 is 17.3 Å². The van der Waals surface area contributed by atoms with Gasteiger partial charge in [-0.2, -0.15) is 0 Å². The molecule has 0 unspecified atom stereocenters. The van der Waals surface area contributed by atoms with Crippen LogP contribution in [0.1, 0.15) is 0 Å². The number of hydrogen-bond donors (Lipinski definition) is 0. The third-order valence-corrected chi connectivity index (χ3v) is 4.19. The molecule has 1 aromatic rings. The second kappa shape index (κ2) is 6.34. The van der Waals surface area contributed by atoms with Crippen LogP contribution in [0, 0.1) is 6.57 Å². The van der Waals surface area contributed by atoms with Crippen LogP contribution in [-0.2, 0) is 4.79 Å². The van der Waals surface area contributed by atoms with Crippen molar-refractivity contribution in [3.63, 3.8) is 0 Å². The van der Waals surface area contributed by atoms with Gasteiger partial charge in [0.2, 0.25) is 5.91 Å².